The minimum absolute atomic E-state index is 0.153. The number of sulfonamides is 1. The highest BCUT2D eigenvalue weighted by Gasteiger charge is 2.31. The quantitative estimate of drug-likeness (QED) is 0.381. The number of anilines is 1. The molecule has 0 aliphatic carbocycles. The Balaban J connectivity index is 1.59. The summed E-state index contributed by atoms with van der Waals surface area (Å²) in [5, 5.41) is 23.7. The van der Waals surface area contributed by atoms with E-state index in [9.17, 15) is 13.5 Å². The average molecular weight is 478 g/mol. The van der Waals surface area contributed by atoms with E-state index < -0.39 is 21.7 Å². The molecule has 2 heterocycles. The lowest BCUT2D eigenvalue weighted by Gasteiger charge is -2.31. The second kappa shape index (κ2) is 9.84. The van der Waals surface area contributed by atoms with Crippen molar-refractivity contribution in [1.29, 1.82) is 0 Å². The van der Waals surface area contributed by atoms with Gasteiger partial charge in [0.2, 0.25) is 0 Å². The van der Waals surface area contributed by atoms with Crippen molar-refractivity contribution in [2.24, 2.45) is 0 Å². The summed E-state index contributed by atoms with van der Waals surface area (Å²) in [5.74, 6) is 0.224. The number of nitrogens with zero attached hydrogens (tertiary/aromatic N) is 4. The highest BCUT2D eigenvalue weighted by atomic mass is 32.2. The zero-order chi connectivity index (χ0) is 24.2. The van der Waals surface area contributed by atoms with E-state index in [0.29, 0.717) is 0 Å². The van der Waals surface area contributed by atoms with Crippen molar-refractivity contribution < 1.29 is 13.5 Å². The number of hydrogen-bond donors (Lipinski definition) is 2. The third-order valence-electron chi connectivity index (χ3n) is 5.66. The number of pyridine rings is 1. The zero-order valence-electron chi connectivity index (χ0n) is 19.0. The van der Waals surface area contributed by atoms with Gasteiger partial charge in [-0.1, -0.05) is 36.4 Å². The van der Waals surface area contributed by atoms with Crippen molar-refractivity contribution >= 4 is 26.6 Å². The molecule has 0 fully saturated rings. The molecule has 0 saturated heterocycles. The van der Waals surface area contributed by atoms with Crippen LogP contribution in [0.1, 0.15) is 19.4 Å². The van der Waals surface area contributed by atoms with E-state index in [2.05, 4.69) is 20.5 Å². The molecule has 2 aromatic carbocycles. The molecule has 4 rings (SSSR count). The van der Waals surface area contributed by atoms with Crippen LogP contribution in [0.3, 0.4) is 0 Å². The largest absolute Gasteiger partial charge is 0.384 e. The number of aliphatic hydroxyl groups is 1. The first kappa shape index (κ1) is 23.7. The highest BCUT2D eigenvalue weighted by Crippen LogP contribution is 2.27. The Kier molecular flexibility index (Phi) is 6.87. The molecular formula is C25H27N5O3S. The van der Waals surface area contributed by atoms with Crippen molar-refractivity contribution in [1.82, 2.24) is 20.5 Å². The molecule has 0 aliphatic rings. The van der Waals surface area contributed by atoms with E-state index in [0.717, 1.165) is 16.3 Å². The molecule has 0 bridgehead atoms. The normalized spacial score (nSPS) is 14.4. The van der Waals surface area contributed by atoms with Crippen LogP contribution in [0.2, 0.25) is 0 Å². The number of fused-ring (bicyclic) bond motifs is 1. The van der Waals surface area contributed by atoms with Gasteiger partial charge in [-0.3, -0.25) is 4.98 Å². The Morgan fingerprint density at radius 3 is 2.56 bits per heavy atom. The van der Waals surface area contributed by atoms with Crippen LogP contribution in [0.5, 0.6) is 0 Å². The minimum atomic E-state index is -3.95. The van der Waals surface area contributed by atoms with Gasteiger partial charge in [-0.05, 0) is 55.1 Å². The van der Waals surface area contributed by atoms with Crippen LogP contribution < -0.4 is 9.62 Å². The minimum Gasteiger partial charge on any atom is -0.384 e. The predicted molar refractivity (Wildman–Crippen MR) is 132 cm³/mol. The summed E-state index contributed by atoms with van der Waals surface area (Å²) in [5.41, 5.74) is -0.330. The fraction of sp³-hybridized carbons (Fsp3) is 0.240. The predicted octanol–water partition coefficient (Wildman–Crippen LogP) is 3.11. The summed E-state index contributed by atoms with van der Waals surface area (Å²) in [4.78, 5) is 4.24. The summed E-state index contributed by atoms with van der Waals surface area (Å²) >= 11 is 0. The van der Waals surface area contributed by atoms with Gasteiger partial charge < -0.3 is 10.4 Å². The van der Waals surface area contributed by atoms with E-state index in [1.165, 1.54) is 10.5 Å². The molecule has 0 saturated carbocycles. The van der Waals surface area contributed by atoms with Gasteiger partial charge in [0.1, 0.15) is 0 Å². The van der Waals surface area contributed by atoms with Crippen LogP contribution in [-0.4, -0.2) is 47.8 Å². The first-order valence-electron chi connectivity index (χ1n) is 10.9. The molecule has 8 nitrogen and oxygen atoms in total. The van der Waals surface area contributed by atoms with Crippen LogP contribution in [0.4, 0.5) is 5.82 Å². The van der Waals surface area contributed by atoms with Gasteiger partial charge in [0.25, 0.3) is 10.0 Å². The molecule has 0 aliphatic heterocycles. The second-order valence-electron chi connectivity index (χ2n) is 8.39. The average Bonchev–Trinajstić information content (AvgIpc) is 2.85. The van der Waals surface area contributed by atoms with Gasteiger partial charge in [-0.2, -0.15) is 5.10 Å². The van der Waals surface area contributed by atoms with Gasteiger partial charge in [0, 0.05) is 37.1 Å². The van der Waals surface area contributed by atoms with Crippen LogP contribution in [0, 0.1) is 0 Å². The lowest BCUT2D eigenvalue weighted by Crippen LogP contribution is -2.47. The van der Waals surface area contributed by atoms with E-state index in [1.807, 2.05) is 30.3 Å². The molecule has 34 heavy (non-hydrogen) atoms. The molecule has 2 aromatic heterocycles. The second-order valence-corrected chi connectivity index (χ2v) is 10.2. The molecular weight excluding hydrogens is 450 g/mol. The highest BCUT2D eigenvalue weighted by molar-refractivity contribution is 7.92. The number of hydrogen-bond acceptors (Lipinski definition) is 7. The maximum Gasteiger partial charge on any atom is 0.265 e. The Morgan fingerprint density at radius 2 is 1.82 bits per heavy atom. The van der Waals surface area contributed by atoms with Crippen LogP contribution in [-0.2, 0) is 15.6 Å². The first-order chi connectivity index (χ1) is 16.3. The van der Waals surface area contributed by atoms with Gasteiger partial charge >= 0.3 is 0 Å². The van der Waals surface area contributed by atoms with Crippen molar-refractivity contribution in [3.05, 3.63) is 90.9 Å². The SMILES string of the molecule is CC(CNCC(C)(O)c1ccccc1)N(c1cccnn1)S(=O)(=O)c1ccc2cnccc2c1. The van der Waals surface area contributed by atoms with Gasteiger partial charge in [0.05, 0.1) is 16.5 Å². The van der Waals surface area contributed by atoms with E-state index in [1.54, 1.807) is 62.6 Å². The molecule has 2 N–H and O–H groups in total. The van der Waals surface area contributed by atoms with Gasteiger partial charge in [0.15, 0.2) is 5.82 Å². The van der Waals surface area contributed by atoms with Crippen molar-refractivity contribution in [3.63, 3.8) is 0 Å². The molecule has 0 spiro atoms. The van der Waals surface area contributed by atoms with Crippen LogP contribution in [0.25, 0.3) is 10.8 Å². The third kappa shape index (κ3) is 5.06. The topological polar surface area (TPSA) is 108 Å². The molecule has 0 radical (unpaired) electrons. The fourth-order valence-electron chi connectivity index (χ4n) is 3.84. The summed E-state index contributed by atoms with van der Waals surface area (Å²) in [6, 6.07) is 18.8. The Hall–Kier alpha value is -3.40. The number of aromatic nitrogens is 3. The molecule has 2 atom stereocenters. The summed E-state index contributed by atoms with van der Waals surface area (Å²) in [6.45, 7) is 4.05. The molecule has 2 unspecified atom stereocenters. The monoisotopic (exact) mass is 477 g/mol. The van der Waals surface area contributed by atoms with Crippen molar-refractivity contribution in [3.8, 4) is 0 Å². The first-order valence-corrected chi connectivity index (χ1v) is 12.4. The molecule has 0 amide bonds. The van der Waals surface area contributed by atoms with Gasteiger partial charge in [-0.15, -0.1) is 5.10 Å². The number of rotatable bonds is 9. The Morgan fingerprint density at radius 1 is 1.03 bits per heavy atom. The summed E-state index contributed by atoms with van der Waals surface area (Å²) in [6.07, 6.45) is 4.82. The molecule has 176 valence electrons. The standard InChI is InChI=1S/C25H27N5O3S/c1-19(16-27-18-25(2,31)22-7-4-3-5-8-22)30(24-9-6-13-28-29-24)34(32,33)23-11-10-21-17-26-14-12-20(21)15-23/h3-15,17,19,27,31H,16,18H2,1-2H3. The maximum atomic E-state index is 13.8. The zero-order valence-corrected chi connectivity index (χ0v) is 19.9. The van der Waals surface area contributed by atoms with E-state index >= 15 is 0 Å². The van der Waals surface area contributed by atoms with Crippen LogP contribution >= 0.6 is 0 Å². The third-order valence-corrected chi connectivity index (χ3v) is 7.57. The van der Waals surface area contributed by atoms with Crippen molar-refractivity contribution in [2.45, 2.75) is 30.4 Å². The number of nitrogens with one attached hydrogen (secondary N) is 1. The van der Waals surface area contributed by atoms with Crippen LogP contribution in [0.15, 0.2) is 90.2 Å². The van der Waals surface area contributed by atoms with Crippen molar-refractivity contribution in [2.75, 3.05) is 17.4 Å². The van der Waals surface area contributed by atoms with E-state index in [-0.39, 0.29) is 23.8 Å². The number of benzene rings is 2. The van der Waals surface area contributed by atoms with Gasteiger partial charge in [-0.25, -0.2) is 12.7 Å². The maximum absolute atomic E-state index is 13.8. The summed E-state index contributed by atoms with van der Waals surface area (Å²) < 4.78 is 28.8. The molecule has 9 heteroatoms. The smallest absolute Gasteiger partial charge is 0.265 e. The lowest BCUT2D eigenvalue weighted by atomic mass is 9.96. The Bertz CT molecular complexity index is 1350. The fourth-order valence-corrected chi connectivity index (χ4v) is 5.47. The molecule has 4 aromatic rings. The lowest BCUT2D eigenvalue weighted by molar-refractivity contribution is 0.0569. The summed E-state index contributed by atoms with van der Waals surface area (Å²) in [7, 11) is -3.95. The van der Waals surface area contributed by atoms with E-state index in [4.69, 9.17) is 0 Å². The Labute approximate surface area is 199 Å².